The predicted octanol–water partition coefficient (Wildman–Crippen LogP) is 1.07. The molecule has 16 heavy (non-hydrogen) atoms. The lowest BCUT2D eigenvalue weighted by Gasteiger charge is -2.20. The van der Waals surface area contributed by atoms with Crippen LogP contribution in [0.2, 0.25) is 0 Å². The van der Waals surface area contributed by atoms with Gasteiger partial charge in [-0.3, -0.25) is 4.79 Å². The first-order chi connectivity index (χ1) is 7.81. The molecule has 1 saturated heterocycles. The van der Waals surface area contributed by atoms with Crippen LogP contribution in [0.4, 0.5) is 0 Å². The molecular weight excluding hydrogens is 200 g/mol. The lowest BCUT2D eigenvalue weighted by atomic mass is 9.93. The van der Waals surface area contributed by atoms with Crippen LogP contribution in [0.15, 0.2) is 12.2 Å². The zero-order chi connectivity index (χ0) is 11.0. The quantitative estimate of drug-likeness (QED) is 0.696. The lowest BCUT2D eigenvalue weighted by Crippen LogP contribution is -2.38. The van der Waals surface area contributed by atoms with Gasteiger partial charge in [-0.2, -0.15) is 0 Å². The molecule has 2 fully saturated rings. The van der Waals surface area contributed by atoms with Crippen LogP contribution in [0.3, 0.4) is 0 Å². The summed E-state index contributed by atoms with van der Waals surface area (Å²) in [5, 5.41) is 6.52. The lowest BCUT2D eigenvalue weighted by molar-refractivity contribution is -0.119. The monoisotopic (exact) mass is 220 g/mol. The van der Waals surface area contributed by atoms with Crippen LogP contribution in [0, 0.1) is 17.8 Å². The van der Waals surface area contributed by atoms with E-state index in [4.69, 9.17) is 0 Å². The highest BCUT2D eigenvalue weighted by Crippen LogP contribution is 2.42. The van der Waals surface area contributed by atoms with Crippen molar-refractivity contribution in [1.29, 1.82) is 0 Å². The Balaban J connectivity index is 1.38. The fourth-order valence-corrected chi connectivity index (χ4v) is 3.40. The first-order valence-corrected chi connectivity index (χ1v) is 6.49. The van der Waals surface area contributed by atoms with E-state index in [1.54, 1.807) is 0 Å². The van der Waals surface area contributed by atoms with Gasteiger partial charge in [0, 0.05) is 19.0 Å². The summed E-state index contributed by atoms with van der Waals surface area (Å²) >= 11 is 0. The molecule has 3 heteroatoms. The number of fused-ring (bicyclic) bond motifs is 2. The first kappa shape index (κ1) is 10.3. The van der Waals surface area contributed by atoms with Crippen molar-refractivity contribution in [2.75, 3.05) is 13.1 Å². The van der Waals surface area contributed by atoms with Crippen molar-refractivity contribution in [2.24, 2.45) is 17.8 Å². The summed E-state index contributed by atoms with van der Waals surface area (Å²) in [7, 11) is 0. The van der Waals surface area contributed by atoms with Crippen molar-refractivity contribution >= 4 is 5.91 Å². The van der Waals surface area contributed by atoms with Gasteiger partial charge in [0.1, 0.15) is 0 Å². The number of allylic oxidation sites excluding steroid dienone is 2. The Kier molecular flexibility index (Phi) is 2.72. The molecule has 1 amide bonds. The van der Waals surface area contributed by atoms with Crippen LogP contribution in [0.5, 0.6) is 0 Å². The van der Waals surface area contributed by atoms with Gasteiger partial charge in [0.25, 0.3) is 0 Å². The fraction of sp³-hybridized carbons (Fsp3) is 0.769. The second kappa shape index (κ2) is 4.21. The van der Waals surface area contributed by atoms with E-state index in [1.807, 2.05) is 0 Å². The largest absolute Gasteiger partial charge is 0.352 e. The van der Waals surface area contributed by atoms with E-state index < -0.39 is 0 Å². The van der Waals surface area contributed by atoms with Crippen LogP contribution in [0.25, 0.3) is 0 Å². The van der Waals surface area contributed by atoms with E-state index in [0.717, 1.165) is 37.3 Å². The van der Waals surface area contributed by atoms with Crippen molar-refractivity contribution in [1.82, 2.24) is 10.6 Å². The third-order valence-electron chi connectivity index (χ3n) is 4.30. The molecule has 0 aromatic carbocycles. The Morgan fingerprint density at radius 3 is 2.88 bits per heavy atom. The van der Waals surface area contributed by atoms with Gasteiger partial charge in [0.05, 0.1) is 0 Å². The van der Waals surface area contributed by atoms with Crippen LogP contribution < -0.4 is 10.6 Å². The second-order valence-electron chi connectivity index (χ2n) is 5.50. The van der Waals surface area contributed by atoms with Crippen LogP contribution in [0.1, 0.15) is 25.7 Å². The Morgan fingerprint density at radius 1 is 1.31 bits per heavy atom. The number of hydrogen-bond donors (Lipinski definition) is 2. The molecule has 0 aromatic rings. The van der Waals surface area contributed by atoms with E-state index in [2.05, 4.69) is 22.8 Å². The minimum atomic E-state index is 0.217. The number of carbonyl (C=O) groups excluding carboxylic acids is 1. The molecule has 2 aliphatic carbocycles. The minimum Gasteiger partial charge on any atom is -0.352 e. The molecule has 1 heterocycles. The molecule has 4 atom stereocenters. The average molecular weight is 220 g/mol. The van der Waals surface area contributed by atoms with Gasteiger partial charge in [-0.05, 0) is 43.6 Å². The zero-order valence-electron chi connectivity index (χ0n) is 9.61. The summed E-state index contributed by atoms with van der Waals surface area (Å²) in [5.74, 6) is 2.75. The van der Waals surface area contributed by atoms with Crippen molar-refractivity contribution in [3.05, 3.63) is 12.2 Å². The molecule has 88 valence electrons. The number of amides is 1. The minimum absolute atomic E-state index is 0.217. The SMILES string of the molecule is O=C1CCC(CNCC2CC3C=CC2C3)N1. The molecule has 0 spiro atoms. The highest BCUT2D eigenvalue weighted by molar-refractivity contribution is 5.78. The van der Waals surface area contributed by atoms with Crippen LogP contribution in [-0.4, -0.2) is 25.0 Å². The Hall–Kier alpha value is -0.830. The topological polar surface area (TPSA) is 41.1 Å². The summed E-state index contributed by atoms with van der Waals surface area (Å²) in [6.45, 7) is 2.07. The summed E-state index contributed by atoms with van der Waals surface area (Å²) in [6, 6.07) is 0.377. The smallest absolute Gasteiger partial charge is 0.220 e. The Labute approximate surface area is 96.7 Å². The molecule has 1 aliphatic heterocycles. The number of carbonyl (C=O) groups is 1. The van der Waals surface area contributed by atoms with E-state index in [-0.39, 0.29) is 5.91 Å². The highest BCUT2D eigenvalue weighted by Gasteiger charge is 2.35. The average Bonchev–Trinajstić information content (AvgIpc) is 2.94. The van der Waals surface area contributed by atoms with Gasteiger partial charge < -0.3 is 10.6 Å². The third-order valence-corrected chi connectivity index (χ3v) is 4.30. The highest BCUT2D eigenvalue weighted by atomic mass is 16.1. The number of rotatable bonds is 4. The number of hydrogen-bond acceptors (Lipinski definition) is 2. The van der Waals surface area contributed by atoms with Gasteiger partial charge in [0.15, 0.2) is 0 Å². The maximum atomic E-state index is 11.0. The van der Waals surface area contributed by atoms with E-state index in [0.29, 0.717) is 12.5 Å². The molecular formula is C13H20N2O. The Morgan fingerprint density at radius 2 is 2.25 bits per heavy atom. The normalized spacial score (nSPS) is 40.6. The molecule has 2 N–H and O–H groups in total. The second-order valence-corrected chi connectivity index (χ2v) is 5.50. The summed E-state index contributed by atoms with van der Waals surface area (Å²) < 4.78 is 0. The molecule has 2 bridgehead atoms. The molecule has 0 radical (unpaired) electrons. The van der Waals surface area contributed by atoms with Gasteiger partial charge in [-0.15, -0.1) is 0 Å². The molecule has 3 rings (SSSR count). The zero-order valence-corrected chi connectivity index (χ0v) is 9.61. The maximum Gasteiger partial charge on any atom is 0.220 e. The Bertz CT molecular complexity index is 313. The van der Waals surface area contributed by atoms with Gasteiger partial charge in [0.2, 0.25) is 5.91 Å². The van der Waals surface area contributed by atoms with E-state index in [9.17, 15) is 4.79 Å². The first-order valence-electron chi connectivity index (χ1n) is 6.49. The van der Waals surface area contributed by atoms with Gasteiger partial charge >= 0.3 is 0 Å². The molecule has 3 nitrogen and oxygen atoms in total. The summed E-state index contributed by atoms with van der Waals surface area (Å²) in [5.41, 5.74) is 0. The van der Waals surface area contributed by atoms with E-state index >= 15 is 0 Å². The summed E-state index contributed by atoms with van der Waals surface area (Å²) in [6.07, 6.45) is 9.25. The molecule has 4 unspecified atom stereocenters. The molecule has 3 aliphatic rings. The third kappa shape index (κ3) is 2.01. The standard InChI is InChI=1S/C13H20N2O/c16-13-4-3-12(15-13)8-14-7-11-6-9-1-2-10(11)5-9/h1-2,9-12,14H,3-8H2,(H,15,16). The van der Waals surface area contributed by atoms with Gasteiger partial charge in [-0.25, -0.2) is 0 Å². The van der Waals surface area contributed by atoms with Crippen molar-refractivity contribution < 1.29 is 4.79 Å². The van der Waals surface area contributed by atoms with Crippen LogP contribution >= 0.6 is 0 Å². The maximum absolute atomic E-state index is 11.0. The van der Waals surface area contributed by atoms with E-state index in [1.165, 1.54) is 12.8 Å². The fourth-order valence-electron chi connectivity index (χ4n) is 3.40. The number of nitrogens with one attached hydrogen (secondary N) is 2. The van der Waals surface area contributed by atoms with Crippen molar-refractivity contribution in [3.8, 4) is 0 Å². The molecule has 1 saturated carbocycles. The van der Waals surface area contributed by atoms with Gasteiger partial charge in [-0.1, -0.05) is 12.2 Å². The van der Waals surface area contributed by atoms with Crippen molar-refractivity contribution in [2.45, 2.75) is 31.7 Å². The molecule has 0 aromatic heterocycles. The van der Waals surface area contributed by atoms with Crippen LogP contribution in [-0.2, 0) is 4.79 Å². The summed E-state index contributed by atoms with van der Waals surface area (Å²) in [4.78, 5) is 11.0. The predicted molar refractivity (Wildman–Crippen MR) is 62.9 cm³/mol. The van der Waals surface area contributed by atoms with Crippen molar-refractivity contribution in [3.63, 3.8) is 0 Å².